The first-order valence-electron chi connectivity index (χ1n) is 8.54. The predicted molar refractivity (Wildman–Crippen MR) is 110 cm³/mol. The Kier molecular flexibility index (Phi) is 4.89. The van der Waals surface area contributed by atoms with Gasteiger partial charge in [-0.15, -0.1) is 11.3 Å². The third-order valence-corrected chi connectivity index (χ3v) is 5.15. The highest BCUT2D eigenvalue weighted by molar-refractivity contribution is 7.13. The van der Waals surface area contributed by atoms with Crippen molar-refractivity contribution in [3.8, 4) is 22.2 Å². The summed E-state index contributed by atoms with van der Waals surface area (Å²) in [6.45, 7) is 0.581. The number of benzene rings is 2. The van der Waals surface area contributed by atoms with Crippen LogP contribution in [0.3, 0.4) is 0 Å². The number of thiophene rings is 1. The van der Waals surface area contributed by atoms with Gasteiger partial charge in [0.25, 0.3) is 0 Å². The maximum absolute atomic E-state index is 5.50. The highest BCUT2D eigenvalue weighted by Crippen LogP contribution is 2.29. The second-order valence-corrected chi connectivity index (χ2v) is 6.87. The van der Waals surface area contributed by atoms with Crippen molar-refractivity contribution >= 4 is 28.1 Å². The van der Waals surface area contributed by atoms with Gasteiger partial charge >= 0.3 is 0 Å². The van der Waals surface area contributed by atoms with Crippen LogP contribution in [0.1, 0.15) is 5.56 Å². The van der Waals surface area contributed by atoms with Crippen LogP contribution in [0, 0.1) is 0 Å². The Morgan fingerprint density at radius 2 is 1.85 bits per heavy atom. The molecule has 0 radical (unpaired) electrons. The van der Waals surface area contributed by atoms with Crippen LogP contribution in [0.15, 0.2) is 60.0 Å². The van der Waals surface area contributed by atoms with Crippen molar-refractivity contribution in [2.45, 2.75) is 6.54 Å². The lowest BCUT2D eigenvalue weighted by Gasteiger charge is -2.13. The second kappa shape index (κ2) is 7.63. The van der Waals surface area contributed by atoms with E-state index >= 15 is 0 Å². The topological polar surface area (TPSA) is 56.3 Å². The van der Waals surface area contributed by atoms with Gasteiger partial charge in [0.2, 0.25) is 0 Å². The Bertz CT molecular complexity index is 1060. The summed E-state index contributed by atoms with van der Waals surface area (Å²) in [7, 11) is 3.30. The molecule has 4 rings (SSSR count). The van der Waals surface area contributed by atoms with Gasteiger partial charge in [0, 0.05) is 23.6 Å². The maximum atomic E-state index is 5.50. The maximum Gasteiger partial charge on any atom is 0.172 e. The van der Waals surface area contributed by atoms with Crippen molar-refractivity contribution < 1.29 is 9.47 Å². The summed E-state index contributed by atoms with van der Waals surface area (Å²) in [6, 6.07) is 17.9. The summed E-state index contributed by atoms with van der Waals surface area (Å²) >= 11 is 1.63. The molecule has 0 saturated heterocycles. The van der Waals surface area contributed by atoms with E-state index in [1.807, 2.05) is 60.0 Å². The van der Waals surface area contributed by atoms with E-state index in [0.717, 1.165) is 44.5 Å². The summed E-state index contributed by atoms with van der Waals surface area (Å²) < 4.78 is 10.8. The highest BCUT2D eigenvalue weighted by Gasteiger charge is 2.11. The standard InChI is InChI=1S/C21H19N3O2S/c1-25-15-10-9-14(18(12-15)26-2)13-22-20-16-6-3-4-7-17(16)23-21(24-20)19-8-5-11-27-19/h3-12H,13H2,1-2H3,(H,22,23,24). The van der Waals surface area contributed by atoms with E-state index in [4.69, 9.17) is 19.4 Å². The number of hydrogen-bond donors (Lipinski definition) is 1. The molecule has 2 aromatic carbocycles. The number of nitrogens with zero attached hydrogens (tertiary/aromatic N) is 2. The van der Waals surface area contributed by atoms with E-state index in [2.05, 4.69) is 5.32 Å². The van der Waals surface area contributed by atoms with Crippen LogP contribution in [0.25, 0.3) is 21.6 Å². The Morgan fingerprint density at radius 1 is 0.963 bits per heavy atom. The molecule has 2 heterocycles. The van der Waals surface area contributed by atoms with E-state index in [1.165, 1.54) is 0 Å². The molecule has 5 nitrogen and oxygen atoms in total. The molecule has 2 aromatic heterocycles. The summed E-state index contributed by atoms with van der Waals surface area (Å²) in [5.41, 5.74) is 1.94. The predicted octanol–water partition coefficient (Wildman–Crippen LogP) is 4.99. The number of rotatable bonds is 6. The number of nitrogens with one attached hydrogen (secondary N) is 1. The van der Waals surface area contributed by atoms with E-state index < -0.39 is 0 Å². The molecule has 0 unspecified atom stereocenters. The van der Waals surface area contributed by atoms with Gasteiger partial charge in [0.05, 0.1) is 24.6 Å². The Balaban J connectivity index is 1.69. The molecule has 0 aliphatic heterocycles. The smallest absolute Gasteiger partial charge is 0.172 e. The molecule has 0 aliphatic rings. The van der Waals surface area contributed by atoms with Crippen LogP contribution < -0.4 is 14.8 Å². The van der Waals surface area contributed by atoms with Crippen LogP contribution in [0.4, 0.5) is 5.82 Å². The summed E-state index contributed by atoms with van der Waals surface area (Å²) in [6.07, 6.45) is 0. The van der Waals surface area contributed by atoms with Crippen molar-refractivity contribution in [3.63, 3.8) is 0 Å². The monoisotopic (exact) mass is 377 g/mol. The minimum Gasteiger partial charge on any atom is -0.497 e. The fourth-order valence-corrected chi connectivity index (χ4v) is 3.56. The number of aromatic nitrogens is 2. The highest BCUT2D eigenvalue weighted by atomic mass is 32.1. The molecule has 0 saturated carbocycles. The molecular formula is C21H19N3O2S. The average molecular weight is 377 g/mol. The molecule has 1 N–H and O–H groups in total. The van der Waals surface area contributed by atoms with E-state index in [-0.39, 0.29) is 0 Å². The Morgan fingerprint density at radius 3 is 2.63 bits per heavy atom. The number of anilines is 1. The molecule has 4 aromatic rings. The van der Waals surface area contributed by atoms with Gasteiger partial charge in [-0.25, -0.2) is 9.97 Å². The van der Waals surface area contributed by atoms with Crippen molar-refractivity contribution in [2.75, 3.05) is 19.5 Å². The van der Waals surface area contributed by atoms with Gasteiger partial charge in [-0.1, -0.05) is 18.2 Å². The molecule has 0 bridgehead atoms. The van der Waals surface area contributed by atoms with Gasteiger partial charge in [0.15, 0.2) is 5.82 Å². The van der Waals surface area contributed by atoms with Gasteiger partial charge in [0.1, 0.15) is 17.3 Å². The minimum absolute atomic E-state index is 0.581. The Hall–Kier alpha value is -3.12. The summed E-state index contributed by atoms with van der Waals surface area (Å²) in [5.74, 6) is 3.08. The van der Waals surface area contributed by atoms with Gasteiger partial charge < -0.3 is 14.8 Å². The molecule has 136 valence electrons. The SMILES string of the molecule is COc1ccc(CNc2nc(-c3cccs3)nc3ccccc23)c(OC)c1. The average Bonchev–Trinajstić information content (AvgIpc) is 3.26. The van der Waals surface area contributed by atoms with Crippen LogP contribution in [-0.2, 0) is 6.54 Å². The van der Waals surface area contributed by atoms with Gasteiger partial charge in [-0.05, 0) is 35.7 Å². The lowest BCUT2D eigenvalue weighted by molar-refractivity contribution is 0.391. The van der Waals surface area contributed by atoms with E-state index in [1.54, 1.807) is 25.6 Å². The fraction of sp³-hybridized carbons (Fsp3) is 0.143. The first kappa shape index (κ1) is 17.3. The van der Waals surface area contributed by atoms with Crippen molar-refractivity contribution in [2.24, 2.45) is 0 Å². The van der Waals surface area contributed by atoms with Crippen LogP contribution >= 0.6 is 11.3 Å². The van der Waals surface area contributed by atoms with Crippen molar-refractivity contribution in [1.82, 2.24) is 9.97 Å². The van der Waals surface area contributed by atoms with Crippen LogP contribution in [0.5, 0.6) is 11.5 Å². The number of fused-ring (bicyclic) bond motifs is 1. The molecule has 0 spiro atoms. The van der Waals surface area contributed by atoms with Gasteiger partial charge in [-0.3, -0.25) is 0 Å². The van der Waals surface area contributed by atoms with E-state index in [0.29, 0.717) is 6.54 Å². The third kappa shape index (κ3) is 3.57. The molecule has 27 heavy (non-hydrogen) atoms. The van der Waals surface area contributed by atoms with Gasteiger partial charge in [-0.2, -0.15) is 0 Å². The number of methoxy groups -OCH3 is 2. The van der Waals surface area contributed by atoms with E-state index in [9.17, 15) is 0 Å². The second-order valence-electron chi connectivity index (χ2n) is 5.92. The van der Waals surface area contributed by atoms with Crippen molar-refractivity contribution in [1.29, 1.82) is 0 Å². The number of ether oxygens (including phenoxy) is 2. The summed E-state index contributed by atoms with van der Waals surface area (Å²) in [4.78, 5) is 10.5. The first-order valence-corrected chi connectivity index (χ1v) is 9.42. The molecule has 6 heteroatoms. The minimum atomic E-state index is 0.581. The lowest BCUT2D eigenvalue weighted by atomic mass is 10.1. The third-order valence-electron chi connectivity index (χ3n) is 4.29. The summed E-state index contributed by atoms with van der Waals surface area (Å²) in [5, 5.41) is 6.47. The fourth-order valence-electron chi connectivity index (χ4n) is 2.90. The normalized spacial score (nSPS) is 10.7. The van der Waals surface area contributed by atoms with Crippen molar-refractivity contribution in [3.05, 3.63) is 65.5 Å². The van der Waals surface area contributed by atoms with Crippen LogP contribution in [0.2, 0.25) is 0 Å². The quantitative estimate of drug-likeness (QED) is 0.513. The molecule has 0 fully saturated rings. The first-order chi connectivity index (χ1) is 13.3. The Labute approximate surface area is 161 Å². The molecular weight excluding hydrogens is 358 g/mol. The number of para-hydroxylation sites is 1. The largest absolute Gasteiger partial charge is 0.497 e. The lowest BCUT2D eigenvalue weighted by Crippen LogP contribution is -2.05. The zero-order valence-corrected chi connectivity index (χ0v) is 15.9. The number of hydrogen-bond acceptors (Lipinski definition) is 6. The van der Waals surface area contributed by atoms with Crippen LogP contribution in [-0.4, -0.2) is 24.2 Å². The zero-order chi connectivity index (χ0) is 18.6. The molecule has 0 atom stereocenters. The molecule has 0 aliphatic carbocycles. The zero-order valence-electron chi connectivity index (χ0n) is 15.1. The molecule has 0 amide bonds.